The summed E-state index contributed by atoms with van der Waals surface area (Å²) in [5, 5.41) is 9.56. The van der Waals surface area contributed by atoms with E-state index in [4.69, 9.17) is 9.15 Å². The molecule has 0 bridgehead atoms. The molecule has 1 N–H and O–H groups in total. The Morgan fingerprint density at radius 3 is 2.85 bits per heavy atom. The van der Waals surface area contributed by atoms with Gasteiger partial charge in [-0.3, -0.25) is 9.59 Å². The lowest BCUT2D eigenvalue weighted by atomic mass is 9.74. The summed E-state index contributed by atoms with van der Waals surface area (Å²) in [7, 11) is 0. The minimum atomic E-state index is -0.866. The lowest BCUT2D eigenvalue weighted by Gasteiger charge is -2.33. The molecular formula is C14H17NO5. The van der Waals surface area contributed by atoms with Crippen LogP contribution in [0.2, 0.25) is 0 Å². The molecule has 0 radical (unpaired) electrons. The summed E-state index contributed by atoms with van der Waals surface area (Å²) in [6.07, 6.45) is 0.452. The molecule has 2 aliphatic rings. The normalized spacial score (nSPS) is 29.2. The van der Waals surface area contributed by atoms with Crippen LogP contribution in [0.25, 0.3) is 0 Å². The van der Waals surface area contributed by atoms with Crippen molar-refractivity contribution in [1.29, 1.82) is 0 Å². The molecule has 1 aromatic rings. The average molecular weight is 279 g/mol. The van der Waals surface area contributed by atoms with E-state index >= 15 is 0 Å². The summed E-state index contributed by atoms with van der Waals surface area (Å²) in [6, 6.07) is 3.36. The van der Waals surface area contributed by atoms with Crippen molar-refractivity contribution in [3.8, 4) is 0 Å². The third kappa shape index (κ3) is 1.91. The molecule has 2 aliphatic heterocycles. The maximum absolute atomic E-state index is 12.4. The standard InChI is InChI=1S/C14H17NO5/c1-9-2-3-11(20-9)12(16)15-6-10-7-19-5-4-14(10,8-15)13(17)18/h2-3,10H,4-8H2,1H3,(H,17,18)/t10-,14+/m0/s1. The minimum absolute atomic E-state index is 0.145. The molecule has 0 unspecified atom stereocenters. The van der Waals surface area contributed by atoms with Crippen molar-refractivity contribution in [2.75, 3.05) is 26.3 Å². The monoisotopic (exact) mass is 279 g/mol. The average Bonchev–Trinajstić information content (AvgIpc) is 3.02. The van der Waals surface area contributed by atoms with Crippen LogP contribution < -0.4 is 0 Å². The Bertz CT molecular complexity index is 552. The van der Waals surface area contributed by atoms with Gasteiger partial charge in [0, 0.05) is 25.6 Å². The fourth-order valence-electron chi connectivity index (χ4n) is 3.16. The highest BCUT2D eigenvalue weighted by atomic mass is 16.5. The number of likely N-dealkylation sites (tertiary alicyclic amines) is 1. The molecule has 6 heteroatoms. The molecule has 0 spiro atoms. The van der Waals surface area contributed by atoms with E-state index in [2.05, 4.69) is 0 Å². The summed E-state index contributed by atoms with van der Waals surface area (Å²) < 4.78 is 10.7. The summed E-state index contributed by atoms with van der Waals surface area (Å²) in [5.74, 6) is -0.289. The van der Waals surface area contributed by atoms with E-state index in [9.17, 15) is 14.7 Å². The van der Waals surface area contributed by atoms with Gasteiger partial charge in [0.15, 0.2) is 5.76 Å². The molecule has 2 fully saturated rings. The molecule has 0 saturated carbocycles. The first kappa shape index (κ1) is 13.2. The van der Waals surface area contributed by atoms with Crippen LogP contribution in [0, 0.1) is 18.3 Å². The van der Waals surface area contributed by atoms with Gasteiger partial charge in [0.05, 0.1) is 12.0 Å². The summed E-state index contributed by atoms with van der Waals surface area (Å²) in [5.41, 5.74) is -0.866. The van der Waals surface area contributed by atoms with Gasteiger partial charge < -0.3 is 19.2 Å². The first-order chi connectivity index (χ1) is 9.53. The number of carboxylic acids is 1. The zero-order chi connectivity index (χ0) is 14.3. The van der Waals surface area contributed by atoms with Crippen LogP contribution in [-0.2, 0) is 9.53 Å². The van der Waals surface area contributed by atoms with Gasteiger partial charge in [0.1, 0.15) is 5.76 Å². The molecule has 0 aromatic carbocycles. The molecule has 1 amide bonds. The highest BCUT2D eigenvalue weighted by Crippen LogP contribution is 2.42. The van der Waals surface area contributed by atoms with E-state index in [0.717, 1.165) is 0 Å². The van der Waals surface area contributed by atoms with Crippen LogP contribution in [-0.4, -0.2) is 48.2 Å². The summed E-state index contributed by atoms with van der Waals surface area (Å²) in [4.78, 5) is 25.6. The smallest absolute Gasteiger partial charge is 0.311 e. The molecule has 0 aliphatic carbocycles. The molecule has 1 aromatic heterocycles. The first-order valence-electron chi connectivity index (χ1n) is 6.70. The van der Waals surface area contributed by atoms with Crippen LogP contribution in [0.5, 0.6) is 0 Å². The molecular weight excluding hydrogens is 262 g/mol. The van der Waals surface area contributed by atoms with Crippen molar-refractivity contribution in [3.05, 3.63) is 23.7 Å². The number of fused-ring (bicyclic) bond motifs is 1. The van der Waals surface area contributed by atoms with Gasteiger partial charge in [-0.1, -0.05) is 0 Å². The molecule has 3 rings (SSSR count). The number of furan rings is 1. The highest BCUT2D eigenvalue weighted by molar-refractivity contribution is 5.92. The number of rotatable bonds is 2. The second-order valence-corrected chi connectivity index (χ2v) is 5.58. The van der Waals surface area contributed by atoms with E-state index in [-0.39, 0.29) is 24.1 Å². The number of carbonyl (C=O) groups excluding carboxylic acids is 1. The van der Waals surface area contributed by atoms with Crippen molar-refractivity contribution >= 4 is 11.9 Å². The number of nitrogens with zero attached hydrogens (tertiary/aromatic N) is 1. The Morgan fingerprint density at radius 1 is 1.45 bits per heavy atom. The predicted molar refractivity (Wildman–Crippen MR) is 68.3 cm³/mol. The van der Waals surface area contributed by atoms with Gasteiger partial charge in [-0.2, -0.15) is 0 Å². The second kappa shape index (κ2) is 4.63. The Balaban J connectivity index is 1.84. The van der Waals surface area contributed by atoms with Crippen molar-refractivity contribution in [3.63, 3.8) is 0 Å². The van der Waals surface area contributed by atoms with Gasteiger partial charge in [-0.15, -0.1) is 0 Å². The van der Waals surface area contributed by atoms with E-state index in [1.807, 2.05) is 0 Å². The third-order valence-electron chi connectivity index (χ3n) is 4.37. The van der Waals surface area contributed by atoms with Crippen molar-refractivity contribution in [2.24, 2.45) is 11.3 Å². The van der Waals surface area contributed by atoms with Gasteiger partial charge in [-0.25, -0.2) is 0 Å². The lowest BCUT2D eigenvalue weighted by molar-refractivity contribution is -0.157. The van der Waals surface area contributed by atoms with Crippen molar-refractivity contribution in [1.82, 2.24) is 4.90 Å². The van der Waals surface area contributed by atoms with Gasteiger partial charge in [0.2, 0.25) is 0 Å². The maximum atomic E-state index is 12.4. The Hall–Kier alpha value is -1.82. The summed E-state index contributed by atoms with van der Waals surface area (Å²) >= 11 is 0. The number of aryl methyl sites for hydroxylation is 1. The Kier molecular flexibility index (Phi) is 3.05. The van der Waals surface area contributed by atoms with Crippen LogP contribution in [0.1, 0.15) is 22.7 Å². The van der Waals surface area contributed by atoms with E-state index in [0.29, 0.717) is 31.9 Å². The van der Waals surface area contributed by atoms with Crippen LogP contribution in [0.3, 0.4) is 0 Å². The molecule has 2 atom stereocenters. The highest BCUT2D eigenvalue weighted by Gasteiger charge is 2.55. The topological polar surface area (TPSA) is 80.0 Å². The van der Waals surface area contributed by atoms with Gasteiger partial charge in [-0.05, 0) is 25.5 Å². The molecule has 108 valence electrons. The minimum Gasteiger partial charge on any atom is -0.481 e. The van der Waals surface area contributed by atoms with Gasteiger partial charge >= 0.3 is 5.97 Å². The summed E-state index contributed by atoms with van der Waals surface area (Å²) in [6.45, 7) is 3.24. The number of amides is 1. The van der Waals surface area contributed by atoms with Gasteiger partial charge in [0.25, 0.3) is 5.91 Å². The zero-order valence-electron chi connectivity index (χ0n) is 11.3. The van der Waals surface area contributed by atoms with Crippen molar-refractivity contribution < 1.29 is 23.8 Å². The quantitative estimate of drug-likeness (QED) is 0.878. The predicted octanol–water partition coefficient (Wildman–Crippen LogP) is 1.15. The van der Waals surface area contributed by atoms with Crippen molar-refractivity contribution in [2.45, 2.75) is 13.3 Å². The maximum Gasteiger partial charge on any atom is 0.311 e. The number of carbonyl (C=O) groups is 2. The lowest BCUT2D eigenvalue weighted by Crippen LogP contribution is -2.45. The van der Waals surface area contributed by atoms with E-state index < -0.39 is 11.4 Å². The number of aliphatic carboxylic acids is 1. The number of carboxylic acid groups (broad SMARTS) is 1. The number of hydrogen-bond acceptors (Lipinski definition) is 4. The number of ether oxygens (including phenoxy) is 1. The molecule has 2 saturated heterocycles. The van der Waals surface area contributed by atoms with Crippen LogP contribution in [0.15, 0.2) is 16.5 Å². The van der Waals surface area contributed by atoms with Crippen LogP contribution in [0.4, 0.5) is 0 Å². The molecule has 3 heterocycles. The fraction of sp³-hybridized carbons (Fsp3) is 0.571. The Morgan fingerprint density at radius 2 is 2.25 bits per heavy atom. The first-order valence-corrected chi connectivity index (χ1v) is 6.70. The second-order valence-electron chi connectivity index (χ2n) is 5.58. The largest absolute Gasteiger partial charge is 0.481 e. The van der Waals surface area contributed by atoms with E-state index in [1.54, 1.807) is 24.0 Å². The fourth-order valence-corrected chi connectivity index (χ4v) is 3.16. The van der Waals surface area contributed by atoms with Crippen LogP contribution >= 0.6 is 0 Å². The SMILES string of the molecule is Cc1ccc(C(=O)N2C[C@H]3COCC[C@@]3(C(=O)O)C2)o1. The Labute approximate surface area is 116 Å². The number of hydrogen-bond donors (Lipinski definition) is 1. The molecule has 20 heavy (non-hydrogen) atoms. The zero-order valence-corrected chi connectivity index (χ0v) is 11.3. The molecule has 6 nitrogen and oxygen atoms in total. The third-order valence-corrected chi connectivity index (χ3v) is 4.37. The van der Waals surface area contributed by atoms with E-state index in [1.165, 1.54) is 0 Å².